The van der Waals surface area contributed by atoms with Crippen molar-refractivity contribution in [1.29, 1.82) is 0 Å². The van der Waals surface area contributed by atoms with Crippen molar-refractivity contribution < 1.29 is 51.1 Å². The van der Waals surface area contributed by atoms with Gasteiger partial charge in [-0.25, -0.2) is 0 Å². The minimum atomic E-state index is -1.14. The molecule has 0 bridgehead atoms. The zero-order valence-corrected chi connectivity index (χ0v) is 17.2. The lowest BCUT2D eigenvalue weighted by atomic mass is 9.92. The van der Waals surface area contributed by atoms with Crippen LogP contribution in [0.5, 0.6) is 57.5 Å². The maximum absolute atomic E-state index is 10.3. The number of benzene rings is 3. The summed E-state index contributed by atoms with van der Waals surface area (Å²) in [6.07, 6.45) is 0. The highest BCUT2D eigenvalue weighted by Gasteiger charge is 2.28. The predicted octanol–water partition coefficient (Wildman–Crippen LogP) is 2.99. The summed E-state index contributed by atoms with van der Waals surface area (Å²) < 4.78 is 0.441. The van der Waals surface area contributed by atoms with Gasteiger partial charge in [0.25, 0.3) is 0 Å². The van der Waals surface area contributed by atoms with Crippen molar-refractivity contribution in [3.63, 3.8) is 0 Å². The lowest BCUT2D eigenvalue weighted by molar-refractivity contribution is 0.330. The average molecular weight is 530 g/mol. The molecule has 0 amide bonds. The van der Waals surface area contributed by atoms with Gasteiger partial charge in [0.15, 0.2) is 23.0 Å². The highest BCUT2D eigenvalue weighted by Crippen LogP contribution is 2.58. The van der Waals surface area contributed by atoms with Gasteiger partial charge in [0.1, 0.15) is 0 Å². The molecule has 158 valence electrons. The van der Waals surface area contributed by atoms with E-state index < -0.39 is 68.6 Å². The molecule has 0 aliphatic carbocycles. The van der Waals surface area contributed by atoms with Crippen LogP contribution in [0.25, 0.3) is 22.3 Å². The van der Waals surface area contributed by atoms with Crippen LogP contribution in [0.2, 0.25) is 0 Å². The van der Waals surface area contributed by atoms with Gasteiger partial charge < -0.3 is 51.1 Å². The zero-order valence-electron chi connectivity index (χ0n) is 15.0. The molecule has 30 heavy (non-hydrogen) atoms. The van der Waals surface area contributed by atoms with E-state index in [0.29, 0.717) is 9.13 Å². The van der Waals surface area contributed by atoms with Gasteiger partial charge in [-0.2, -0.15) is 0 Å². The first-order chi connectivity index (χ1) is 13.9. The predicted molar refractivity (Wildman–Crippen MR) is 111 cm³/mol. The second kappa shape index (κ2) is 7.02. The third kappa shape index (κ3) is 2.85. The molecule has 10 N–H and O–H groups in total. The Morgan fingerprint density at radius 2 is 0.833 bits per heavy atom. The summed E-state index contributed by atoms with van der Waals surface area (Å²) in [6.45, 7) is 1.56. The Morgan fingerprint density at radius 3 is 1.23 bits per heavy atom. The molecular formula is C19H15IO10. The van der Waals surface area contributed by atoms with Gasteiger partial charge in [-0.1, -0.05) is 0 Å². The fourth-order valence-corrected chi connectivity index (χ4v) is 3.61. The standard InChI is InChI=1S/C19H15IO10/c1-4-6(9-12(23)16(27)19(30)17(28)13(9)24)2-5(3-7(4)20)8-10(21)14(25)18(29)15(26)11(8)22/h2-3,21-30H,1H3. The van der Waals surface area contributed by atoms with E-state index in [0.717, 1.165) is 0 Å². The maximum Gasteiger partial charge on any atom is 0.208 e. The van der Waals surface area contributed by atoms with E-state index in [-0.39, 0.29) is 11.1 Å². The molecule has 3 aromatic rings. The SMILES string of the molecule is Cc1c(I)cc(-c2c(O)c(O)c(O)c(O)c2O)cc1-c1c(O)c(O)c(O)c(O)c1O. The Bertz CT molecular complexity index is 1160. The molecule has 0 aliphatic rings. The first kappa shape index (κ1) is 21.1. The smallest absolute Gasteiger partial charge is 0.208 e. The fourth-order valence-electron chi connectivity index (χ4n) is 2.98. The van der Waals surface area contributed by atoms with Crippen LogP contribution in [-0.2, 0) is 0 Å². The molecule has 0 atom stereocenters. The number of hydrogen-bond acceptors (Lipinski definition) is 10. The third-order valence-corrected chi connectivity index (χ3v) is 5.76. The monoisotopic (exact) mass is 530 g/mol. The van der Waals surface area contributed by atoms with Crippen molar-refractivity contribution >= 4 is 22.6 Å². The fraction of sp³-hybridized carbons (Fsp3) is 0.0526. The van der Waals surface area contributed by atoms with E-state index in [4.69, 9.17) is 0 Å². The number of phenolic OH excluding ortho intramolecular Hbond substituents is 10. The Hall–Kier alpha value is -3.61. The summed E-state index contributed by atoms with van der Waals surface area (Å²) >= 11 is 1.85. The lowest BCUT2D eigenvalue weighted by Gasteiger charge is -2.18. The molecule has 3 aromatic carbocycles. The van der Waals surface area contributed by atoms with E-state index in [2.05, 4.69) is 0 Å². The highest BCUT2D eigenvalue weighted by atomic mass is 127. The zero-order chi connectivity index (χ0) is 22.7. The minimum Gasteiger partial charge on any atom is -0.504 e. The van der Waals surface area contributed by atoms with E-state index in [1.54, 1.807) is 6.92 Å². The van der Waals surface area contributed by atoms with Gasteiger partial charge in [0.2, 0.25) is 34.5 Å². The Morgan fingerprint density at radius 1 is 0.500 bits per heavy atom. The molecule has 0 fully saturated rings. The van der Waals surface area contributed by atoms with Crippen LogP contribution in [0.1, 0.15) is 5.56 Å². The molecule has 0 heterocycles. The first-order valence-corrected chi connectivity index (χ1v) is 9.16. The normalized spacial score (nSPS) is 11.0. The van der Waals surface area contributed by atoms with Crippen molar-refractivity contribution in [2.24, 2.45) is 0 Å². The third-order valence-electron chi connectivity index (χ3n) is 4.64. The van der Waals surface area contributed by atoms with Crippen molar-refractivity contribution in [2.75, 3.05) is 0 Å². The topological polar surface area (TPSA) is 202 Å². The second-order valence-corrected chi connectivity index (χ2v) is 7.53. The van der Waals surface area contributed by atoms with Crippen LogP contribution in [0.15, 0.2) is 12.1 Å². The van der Waals surface area contributed by atoms with Crippen LogP contribution >= 0.6 is 22.6 Å². The van der Waals surface area contributed by atoms with Crippen molar-refractivity contribution in [2.45, 2.75) is 6.92 Å². The molecule has 0 aliphatic heterocycles. The van der Waals surface area contributed by atoms with Crippen LogP contribution < -0.4 is 0 Å². The molecule has 0 radical (unpaired) electrons. The maximum atomic E-state index is 10.3. The molecule has 0 unspecified atom stereocenters. The van der Waals surface area contributed by atoms with Gasteiger partial charge >= 0.3 is 0 Å². The van der Waals surface area contributed by atoms with Gasteiger partial charge in [-0.05, 0) is 58.3 Å². The summed E-state index contributed by atoms with van der Waals surface area (Å²) in [5, 5.41) is 99.4. The Balaban J connectivity index is 2.44. The number of phenols is 10. The number of aromatic hydroxyl groups is 10. The van der Waals surface area contributed by atoms with Gasteiger partial charge in [0, 0.05) is 3.57 Å². The van der Waals surface area contributed by atoms with Crippen LogP contribution in [-0.4, -0.2) is 51.1 Å². The Labute approximate surface area is 181 Å². The van der Waals surface area contributed by atoms with Gasteiger partial charge in [-0.15, -0.1) is 0 Å². The molecule has 0 saturated heterocycles. The molecule has 0 aromatic heterocycles. The average Bonchev–Trinajstić information content (AvgIpc) is 2.71. The highest BCUT2D eigenvalue weighted by molar-refractivity contribution is 14.1. The molecule has 0 spiro atoms. The van der Waals surface area contributed by atoms with E-state index in [1.807, 2.05) is 22.6 Å². The van der Waals surface area contributed by atoms with E-state index in [1.165, 1.54) is 12.1 Å². The largest absolute Gasteiger partial charge is 0.504 e. The number of rotatable bonds is 2. The van der Waals surface area contributed by atoms with Crippen molar-refractivity contribution in [3.8, 4) is 79.7 Å². The lowest BCUT2D eigenvalue weighted by Crippen LogP contribution is -1.93. The summed E-state index contributed by atoms with van der Waals surface area (Å²) in [5.41, 5.74) is -0.560. The molecule has 11 heteroatoms. The van der Waals surface area contributed by atoms with Crippen LogP contribution in [0.3, 0.4) is 0 Å². The summed E-state index contributed by atoms with van der Waals surface area (Å²) in [7, 11) is 0. The van der Waals surface area contributed by atoms with E-state index in [9.17, 15) is 51.1 Å². The van der Waals surface area contributed by atoms with Gasteiger partial charge in [-0.3, -0.25) is 0 Å². The van der Waals surface area contributed by atoms with Crippen molar-refractivity contribution in [1.82, 2.24) is 0 Å². The molecule has 10 nitrogen and oxygen atoms in total. The van der Waals surface area contributed by atoms with Crippen molar-refractivity contribution in [3.05, 3.63) is 21.3 Å². The van der Waals surface area contributed by atoms with Crippen LogP contribution in [0.4, 0.5) is 0 Å². The molecule has 3 rings (SSSR count). The second-order valence-electron chi connectivity index (χ2n) is 6.37. The molecular weight excluding hydrogens is 515 g/mol. The summed E-state index contributed by atoms with van der Waals surface area (Å²) in [4.78, 5) is 0. The van der Waals surface area contributed by atoms with E-state index >= 15 is 0 Å². The number of hydrogen-bond donors (Lipinski definition) is 10. The quantitative estimate of drug-likeness (QED) is 0.133. The summed E-state index contributed by atoms with van der Waals surface area (Å²) in [5.74, 6) is -10.5. The minimum absolute atomic E-state index is 0.00311. The number of halogens is 1. The Kier molecular flexibility index (Phi) is 4.94. The summed E-state index contributed by atoms with van der Waals surface area (Å²) in [6, 6.07) is 2.62. The first-order valence-electron chi connectivity index (χ1n) is 8.08. The molecule has 0 saturated carbocycles. The van der Waals surface area contributed by atoms with Crippen LogP contribution in [0, 0.1) is 10.5 Å². The van der Waals surface area contributed by atoms with Gasteiger partial charge in [0.05, 0.1) is 11.1 Å².